The van der Waals surface area contributed by atoms with E-state index in [1.165, 1.54) is 7.11 Å². The first-order valence-corrected chi connectivity index (χ1v) is 9.43. The van der Waals surface area contributed by atoms with Crippen LogP contribution in [0.2, 0.25) is 0 Å². The van der Waals surface area contributed by atoms with Gasteiger partial charge in [-0.05, 0) is 29.8 Å². The van der Waals surface area contributed by atoms with E-state index in [-0.39, 0.29) is 24.2 Å². The number of nitrogens with one attached hydrogen (secondary N) is 1. The Kier molecular flexibility index (Phi) is 8.36. The molecule has 2 amide bonds. The quantitative estimate of drug-likeness (QED) is 0.600. The summed E-state index contributed by atoms with van der Waals surface area (Å²) >= 11 is 0. The minimum absolute atomic E-state index is 0.152. The van der Waals surface area contributed by atoms with Crippen molar-refractivity contribution in [3.8, 4) is 0 Å². The van der Waals surface area contributed by atoms with Gasteiger partial charge in [0.15, 0.2) is 0 Å². The second-order valence-corrected chi connectivity index (χ2v) is 6.88. The second kappa shape index (κ2) is 11.0. The maximum absolute atomic E-state index is 12.3. The minimum Gasteiger partial charge on any atom is -0.469 e. The van der Waals surface area contributed by atoms with Crippen LogP contribution in [-0.2, 0) is 20.9 Å². The number of carbonyl (C=O) groups is 3. The van der Waals surface area contributed by atoms with E-state index < -0.39 is 5.91 Å². The zero-order valence-corrected chi connectivity index (χ0v) is 16.8. The van der Waals surface area contributed by atoms with Crippen molar-refractivity contribution in [3.63, 3.8) is 0 Å². The Labute approximate surface area is 170 Å². The summed E-state index contributed by atoms with van der Waals surface area (Å²) in [5.74, 6) is -1.24. The summed E-state index contributed by atoms with van der Waals surface area (Å²) in [7, 11) is 1.37. The highest BCUT2D eigenvalue weighted by Crippen LogP contribution is 2.12. The molecule has 0 aromatic heterocycles. The topological polar surface area (TPSA) is 102 Å². The number of hydrogen-bond acceptors (Lipinski definition) is 5. The van der Waals surface area contributed by atoms with Crippen molar-refractivity contribution in [2.45, 2.75) is 19.9 Å². The van der Waals surface area contributed by atoms with Crippen LogP contribution < -0.4 is 11.1 Å². The third kappa shape index (κ3) is 7.38. The van der Waals surface area contributed by atoms with E-state index in [4.69, 9.17) is 10.5 Å². The standard InChI is InChI=1S/C22H27N3O4/c1-16(22(28)29-2)14-25(15-17-6-4-3-5-7-17)13-12-20(26)24-19-10-8-18(9-11-19)21(23)27/h3-11,16H,12-15H2,1-2H3,(H2,23,27)(H,24,26). The third-order valence-electron chi connectivity index (χ3n) is 4.49. The number of rotatable bonds is 10. The maximum Gasteiger partial charge on any atom is 0.309 e. The molecule has 2 aromatic rings. The molecule has 2 rings (SSSR count). The van der Waals surface area contributed by atoms with E-state index >= 15 is 0 Å². The molecule has 7 nitrogen and oxygen atoms in total. The van der Waals surface area contributed by atoms with Gasteiger partial charge in [-0.15, -0.1) is 0 Å². The molecule has 0 heterocycles. The van der Waals surface area contributed by atoms with Gasteiger partial charge in [0.1, 0.15) is 0 Å². The fourth-order valence-electron chi connectivity index (χ4n) is 2.94. The van der Waals surface area contributed by atoms with Crippen LogP contribution in [0.5, 0.6) is 0 Å². The summed E-state index contributed by atoms with van der Waals surface area (Å²) in [6.07, 6.45) is 0.262. The summed E-state index contributed by atoms with van der Waals surface area (Å²) in [6.45, 7) is 3.41. The lowest BCUT2D eigenvalue weighted by Crippen LogP contribution is -2.34. The molecular formula is C22H27N3O4. The molecule has 0 saturated heterocycles. The number of esters is 1. The van der Waals surface area contributed by atoms with Gasteiger partial charge in [-0.3, -0.25) is 19.3 Å². The molecule has 0 bridgehead atoms. The zero-order chi connectivity index (χ0) is 21.2. The minimum atomic E-state index is -0.515. The smallest absolute Gasteiger partial charge is 0.309 e. The van der Waals surface area contributed by atoms with Crippen LogP contribution in [0.25, 0.3) is 0 Å². The third-order valence-corrected chi connectivity index (χ3v) is 4.49. The van der Waals surface area contributed by atoms with Gasteiger partial charge in [0.05, 0.1) is 13.0 Å². The number of methoxy groups -OCH3 is 1. The molecule has 1 unspecified atom stereocenters. The van der Waals surface area contributed by atoms with Crippen LogP contribution in [0, 0.1) is 5.92 Å². The highest BCUT2D eigenvalue weighted by Gasteiger charge is 2.18. The van der Waals surface area contributed by atoms with Crippen molar-refractivity contribution >= 4 is 23.5 Å². The summed E-state index contributed by atoms with van der Waals surface area (Å²) in [4.78, 5) is 37.3. The predicted molar refractivity (Wildman–Crippen MR) is 111 cm³/mol. The fourth-order valence-corrected chi connectivity index (χ4v) is 2.94. The number of ether oxygens (including phenoxy) is 1. The molecule has 7 heteroatoms. The number of anilines is 1. The van der Waals surface area contributed by atoms with Gasteiger partial charge in [-0.2, -0.15) is 0 Å². The molecule has 3 N–H and O–H groups in total. The Morgan fingerprint density at radius 3 is 2.31 bits per heavy atom. The summed E-state index contributed by atoms with van der Waals surface area (Å²) in [5, 5.41) is 2.81. The first kappa shape index (κ1) is 22.1. The Hall–Kier alpha value is -3.19. The number of nitrogens with zero attached hydrogens (tertiary/aromatic N) is 1. The van der Waals surface area contributed by atoms with Crippen LogP contribution in [0.15, 0.2) is 54.6 Å². The number of hydrogen-bond donors (Lipinski definition) is 2. The Bertz CT molecular complexity index is 822. The molecule has 1 atom stereocenters. The summed E-state index contributed by atoms with van der Waals surface area (Å²) in [6, 6.07) is 16.3. The first-order valence-electron chi connectivity index (χ1n) is 9.43. The van der Waals surface area contributed by atoms with E-state index in [2.05, 4.69) is 10.2 Å². The maximum atomic E-state index is 12.3. The summed E-state index contributed by atoms with van der Waals surface area (Å²) in [5.41, 5.74) is 7.30. The monoisotopic (exact) mass is 397 g/mol. The average Bonchev–Trinajstić information content (AvgIpc) is 2.72. The second-order valence-electron chi connectivity index (χ2n) is 6.88. The van der Waals surface area contributed by atoms with Gasteiger partial charge in [-0.25, -0.2) is 0 Å². The van der Waals surface area contributed by atoms with E-state index in [1.54, 1.807) is 24.3 Å². The highest BCUT2D eigenvalue weighted by molar-refractivity contribution is 5.94. The van der Waals surface area contributed by atoms with Gasteiger partial charge in [0, 0.05) is 37.3 Å². The molecule has 2 aromatic carbocycles. The van der Waals surface area contributed by atoms with Crippen molar-refractivity contribution in [1.29, 1.82) is 0 Å². The normalized spacial score (nSPS) is 11.7. The fraction of sp³-hybridized carbons (Fsp3) is 0.318. The van der Waals surface area contributed by atoms with E-state index in [0.717, 1.165) is 5.56 Å². The van der Waals surface area contributed by atoms with E-state index in [0.29, 0.717) is 30.9 Å². The number of amides is 2. The average molecular weight is 397 g/mol. The molecule has 154 valence electrons. The van der Waals surface area contributed by atoms with Gasteiger partial charge in [-0.1, -0.05) is 37.3 Å². The molecule has 0 radical (unpaired) electrons. The van der Waals surface area contributed by atoms with E-state index in [9.17, 15) is 14.4 Å². The molecule has 29 heavy (non-hydrogen) atoms. The highest BCUT2D eigenvalue weighted by atomic mass is 16.5. The molecule has 0 saturated carbocycles. The first-order chi connectivity index (χ1) is 13.9. The number of nitrogens with two attached hydrogens (primary N) is 1. The van der Waals surface area contributed by atoms with Crippen LogP contribution >= 0.6 is 0 Å². The van der Waals surface area contributed by atoms with Crippen molar-refractivity contribution in [3.05, 3.63) is 65.7 Å². The van der Waals surface area contributed by atoms with E-state index in [1.807, 2.05) is 37.3 Å². The van der Waals surface area contributed by atoms with Gasteiger partial charge < -0.3 is 15.8 Å². The van der Waals surface area contributed by atoms with Crippen molar-refractivity contribution in [1.82, 2.24) is 4.90 Å². The van der Waals surface area contributed by atoms with Crippen LogP contribution in [0.1, 0.15) is 29.3 Å². The SMILES string of the molecule is COC(=O)C(C)CN(CCC(=O)Nc1ccc(C(N)=O)cc1)Cc1ccccc1. The van der Waals surface area contributed by atoms with Crippen molar-refractivity contribution < 1.29 is 19.1 Å². The number of carbonyl (C=O) groups excluding carboxylic acids is 3. The van der Waals surface area contributed by atoms with Gasteiger partial charge in [0.2, 0.25) is 11.8 Å². The molecule has 0 aliphatic rings. The molecule has 0 spiro atoms. The number of benzene rings is 2. The Morgan fingerprint density at radius 2 is 1.72 bits per heavy atom. The lowest BCUT2D eigenvalue weighted by atomic mass is 10.1. The van der Waals surface area contributed by atoms with Gasteiger partial charge in [0.25, 0.3) is 0 Å². The largest absolute Gasteiger partial charge is 0.469 e. The molecule has 0 fully saturated rings. The van der Waals surface area contributed by atoms with Crippen molar-refractivity contribution in [2.24, 2.45) is 11.7 Å². The number of primary amides is 1. The predicted octanol–water partition coefficient (Wildman–Crippen LogP) is 2.43. The Morgan fingerprint density at radius 1 is 1.07 bits per heavy atom. The van der Waals surface area contributed by atoms with Gasteiger partial charge >= 0.3 is 5.97 Å². The molecular weight excluding hydrogens is 370 g/mol. The lowest BCUT2D eigenvalue weighted by Gasteiger charge is -2.24. The van der Waals surface area contributed by atoms with Crippen LogP contribution in [-0.4, -0.2) is 42.9 Å². The molecule has 0 aliphatic heterocycles. The molecule has 0 aliphatic carbocycles. The Balaban J connectivity index is 1.95. The summed E-state index contributed by atoms with van der Waals surface area (Å²) < 4.78 is 4.82. The van der Waals surface area contributed by atoms with Crippen LogP contribution in [0.4, 0.5) is 5.69 Å². The zero-order valence-electron chi connectivity index (χ0n) is 16.8. The lowest BCUT2D eigenvalue weighted by molar-refractivity contribution is -0.145. The van der Waals surface area contributed by atoms with Crippen LogP contribution in [0.3, 0.4) is 0 Å². The van der Waals surface area contributed by atoms with Crippen molar-refractivity contribution in [2.75, 3.05) is 25.5 Å².